The zero-order valence-corrected chi connectivity index (χ0v) is 19.8. The number of carbonyl (C=O) groups excluding carboxylic acids is 2. The lowest BCUT2D eigenvalue weighted by Gasteiger charge is -2.11. The van der Waals surface area contributed by atoms with Crippen LogP contribution in [0.3, 0.4) is 0 Å². The van der Waals surface area contributed by atoms with E-state index in [0.29, 0.717) is 51.7 Å². The molecule has 0 radical (unpaired) electrons. The summed E-state index contributed by atoms with van der Waals surface area (Å²) in [5, 5.41) is 23.4. The van der Waals surface area contributed by atoms with E-state index in [0.717, 1.165) is 0 Å². The minimum atomic E-state index is -0.519. The number of ketones is 1. The zero-order chi connectivity index (χ0) is 24.0. The highest BCUT2D eigenvalue weighted by Crippen LogP contribution is 2.28. The summed E-state index contributed by atoms with van der Waals surface area (Å²) >= 11 is 13.5. The van der Waals surface area contributed by atoms with Crippen LogP contribution in [0.15, 0.2) is 47.6 Å². The van der Waals surface area contributed by atoms with Gasteiger partial charge in [-0.2, -0.15) is 0 Å². The van der Waals surface area contributed by atoms with Gasteiger partial charge >= 0.3 is 0 Å². The number of thioether (sulfide) groups is 1. The first-order chi connectivity index (χ1) is 15.7. The van der Waals surface area contributed by atoms with Gasteiger partial charge in [0, 0.05) is 47.6 Å². The lowest BCUT2D eigenvalue weighted by Crippen LogP contribution is -2.21. The number of nitrogens with one attached hydrogen (secondary N) is 1. The van der Waals surface area contributed by atoms with Crippen LogP contribution >= 0.6 is 35.0 Å². The molecule has 172 valence electrons. The molecule has 0 aliphatic heterocycles. The van der Waals surface area contributed by atoms with Crippen LogP contribution in [0.5, 0.6) is 0 Å². The van der Waals surface area contributed by atoms with E-state index in [-0.39, 0.29) is 23.1 Å². The number of aryl methyl sites for hydroxylation is 1. The second-order valence-corrected chi connectivity index (χ2v) is 8.78. The molecule has 3 aromatic rings. The standard InChI is InChI=1S/C21H19Cl2N5O4S/c1-13(29)24-8-2-3-20-25-26-21(27(20)18-10-15(22)9-16(23)11-18)33-12-19(30)14-4-6-17(7-5-14)28(31)32/h4-7,9-11H,2-3,8,12H2,1H3,(H,24,29). The topological polar surface area (TPSA) is 120 Å². The fourth-order valence-electron chi connectivity index (χ4n) is 2.98. The van der Waals surface area contributed by atoms with Gasteiger partial charge in [0.25, 0.3) is 5.69 Å². The Hall–Kier alpha value is -2.95. The second-order valence-electron chi connectivity index (χ2n) is 6.96. The molecule has 0 fully saturated rings. The maximum absolute atomic E-state index is 12.6. The van der Waals surface area contributed by atoms with Gasteiger partial charge in [-0.1, -0.05) is 35.0 Å². The number of nitrogens with zero attached hydrogens (tertiary/aromatic N) is 4. The van der Waals surface area contributed by atoms with E-state index in [1.165, 1.54) is 43.0 Å². The number of hydrogen-bond acceptors (Lipinski definition) is 7. The van der Waals surface area contributed by atoms with Crippen molar-refractivity contribution in [1.82, 2.24) is 20.1 Å². The molecule has 1 aromatic heterocycles. The molecule has 0 atom stereocenters. The van der Waals surface area contributed by atoms with Crippen LogP contribution in [0.25, 0.3) is 5.69 Å². The van der Waals surface area contributed by atoms with Gasteiger partial charge in [0.15, 0.2) is 10.9 Å². The molecule has 12 heteroatoms. The van der Waals surface area contributed by atoms with Gasteiger partial charge in [-0.3, -0.25) is 24.3 Å². The SMILES string of the molecule is CC(=O)NCCCc1nnc(SCC(=O)c2ccc([N+](=O)[O-])cc2)n1-c1cc(Cl)cc(Cl)c1. The van der Waals surface area contributed by atoms with Gasteiger partial charge in [0.2, 0.25) is 5.91 Å². The third-order valence-corrected chi connectivity index (χ3v) is 5.85. The Balaban J connectivity index is 1.80. The number of carbonyl (C=O) groups is 2. The second kappa shape index (κ2) is 11.3. The summed E-state index contributed by atoms with van der Waals surface area (Å²) in [5.74, 6) is 0.361. The molecule has 33 heavy (non-hydrogen) atoms. The van der Waals surface area contributed by atoms with E-state index in [4.69, 9.17) is 23.2 Å². The average Bonchev–Trinajstić information content (AvgIpc) is 3.17. The van der Waals surface area contributed by atoms with Crippen molar-refractivity contribution in [2.24, 2.45) is 0 Å². The molecular formula is C21H19Cl2N5O4S. The van der Waals surface area contributed by atoms with Crippen LogP contribution in [0.4, 0.5) is 5.69 Å². The van der Waals surface area contributed by atoms with Crippen LogP contribution in [-0.2, 0) is 11.2 Å². The third-order valence-electron chi connectivity index (χ3n) is 4.49. The van der Waals surface area contributed by atoms with Crippen LogP contribution in [0.1, 0.15) is 29.5 Å². The van der Waals surface area contributed by atoms with E-state index in [1.54, 1.807) is 22.8 Å². The molecule has 0 unspecified atom stereocenters. The first-order valence-electron chi connectivity index (χ1n) is 9.80. The summed E-state index contributed by atoms with van der Waals surface area (Å²) in [6.45, 7) is 1.94. The van der Waals surface area contributed by atoms with E-state index in [9.17, 15) is 19.7 Å². The van der Waals surface area contributed by atoms with Crippen LogP contribution < -0.4 is 5.32 Å². The highest BCUT2D eigenvalue weighted by molar-refractivity contribution is 7.99. The molecule has 1 N–H and O–H groups in total. The van der Waals surface area contributed by atoms with E-state index in [2.05, 4.69) is 15.5 Å². The first kappa shape index (κ1) is 24.7. The Morgan fingerprint density at radius 2 is 1.79 bits per heavy atom. The molecule has 0 spiro atoms. The van der Waals surface area contributed by atoms with Gasteiger partial charge in [-0.05, 0) is 36.8 Å². The number of benzene rings is 2. The van der Waals surface area contributed by atoms with Crippen molar-refractivity contribution in [2.75, 3.05) is 12.3 Å². The quantitative estimate of drug-likeness (QED) is 0.141. The minimum Gasteiger partial charge on any atom is -0.356 e. The first-order valence-corrected chi connectivity index (χ1v) is 11.5. The van der Waals surface area contributed by atoms with Crippen molar-refractivity contribution in [1.29, 1.82) is 0 Å². The largest absolute Gasteiger partial charge is 0.356 e. The zero-order valence-electron chi connectivity index (χ0n) is 17.5. The Labute approximate surface area is 203 Å². The fourth-order valence-corrected chi connectivity index (χ4v) is 4.36. The molecule has 0 bridgehead atoms. The van der Waals surface area contributed by atoms with Crippen molar-refractivity contribution < 1.29 is 14.5 Å². The maximum atomic E-state index is 12.6. The molecule has 0 aliphatic carbocycles. The normalized spacial score (nSPS) is 10.8. The number of halogens is 2. The van der Waals surface area contributed by atoms with Crippen molar-refractivity contribution in [3.8, 4) is 5.69 Å². The summed E-state index contributed by atoms with van der Waals surface area (Å²) in [4.78, 5) is 34.0. The molecule has 3 rings (SSSR count). The molecular weight excluding hydrogens is 489 g/mol. The summed E-state index contributed by atoms with van der Waals surface area (Å²) < 4.78 is 1.78. The Morgan fingerprint density at radius 3 is 2.39 bits per heavy atom. The molecule has 9 nitrogen and oxygen atoms in total. The minimum absolute atomic E-state index is 0.0517. The molecule has 0 aliphatic rings. The Bertz CT molecular complexity index is 1160. The predicted octanol–water partition coefficient (Wildman–Crippen LogP) is 4.53. The monoisotopic (exact) mass is 507 g/mol. The lowest BCUT2D eigenvalue weighted by atomic mass is 10.1. The molecule has 1 heterocycles. The van der Waals surface area contributed by atoms with Crippen molar-refractivity contribution >= 4 is 52.3 Å². The summed E-state index contributed by atoms with van der Waals surface area (Å²) in [6.07, 6.45) is 1.16. The highest BCUT2D eigenvalue weighted by atomic mass is 35.5. The van der Waals surface area contributed by atoms with E-state index >= 15 is 0 Å². The number of nitro groups is 1. The van der Waals surface area contributed by atoms with Crippen LogP contribution in [0, 0.1) is 10.1 Å². The number of Topliss-reactive ketones (excluding diaryl/α,β-unsaturated/α-hetero) is 1. The Kier molecular flexibility index (Phi) is 8.43. The van der Waals surface area contributed by atoms with Crippen LogP contribution in [-0.4, -0.2) is 43.7 Å². The number of rotatable bonds is 10. The maximum Gasteiger partial charge on any atom is 0.269 e. The molecule has 0 saturated heterocycles. The van der Waals surface area contributed by atoms with Gasteiger partial charge in [0.1, 0.15) is 5.82 Å². The lowest BCUT2D eigenvalue weighted by molar-refractivity contribution is -0.384. The van der Waals surface area contributed by atoms with Crippen molar-refractivity contribution in [2.45, 2.75) is 24.9 Å². The van der Waals surface area contributed by atoms with E-state index in [1.807, 2.05) is 0 Å². The fraction of sp³-hybridized carbons (Fsp3) is 0.238. The van der Waals surface area contributed by atoms with Gasteiger partial charge in [-0.25, -0.2) is 0 Å². The number of aromatic nitrogens is 3. The molecule has 2 aromatic carbocycles. The smallest absolute Gasteiger partial charge is 0.269 e. The number of amides is 1. The Morgan fingerprint density at radius 1 is 1.12 bits per heavy atom. The number of non-ortho nitro benzene ring substituents is 1. The number of nitro benzene ring substituents is 1. The summed E-state index contributed by atoms with van der Waals surface area (Å²) in [7, 11) is 0. The third kappa shape index (κ3) is 6.77. The van der Waals surface area contributed by atoms with Crippen molar-refractivity contribution in [3.63, 3.8) is 0 Å². The van der Waals surface area contributed by atoms with Crippen molar-refractivity contribution in [3.05, 3.63) is 74.0 Å². The summed E-state index contributed by atoms with van der Waals surface area (Å²) in [6, 6.07) is 10.5. The molecule has 1 amide bonds. The van der Waals surface area contributed by atoms with E-state index < -0.39 is 4.92 Å². The average molecular weight is 508 g/mol. The predicted molar refractivity (Wildman–Crippen MR) is 127 cm³/mol. The number of hydrogen-bond donors (Lipinski definition) is 1. The highest BCUT2D eigenvalue weighted by Gasteiger charge is 2.18. The van der Waals surface area contributed by atoms with Gasteiger partial charge in [0.05, 0.1) is 16.4 Å². The van der Waals surface area contributed by atoms with Crippen LogP contribution in [0.2, 0.25) is 10.0 Å². The summed E-state index contributed by atoms with van der Waals surface area (Å²) in [5.41, 5.74) is 0.929. The van der Waals surface area contributed by atoms with Gasteiger partial charge < -0.3 is 5.32 Å². The van der Waals surface area contributed by atoms with Gasteiger partial charge in [-0.15, -0.1) is 10.2 Å². The molecule has 0 saturated carbocycles.